The van der Waals surface area contributed by atoms with E-state index in [9.17, 15) is 14.9 Å². The fourth-order valence-corrected chi connectivity index (χ4v) is 4.65. The summed E-state index contributed by atoms with van der Waals surface area (Å²) in [6, 6.07) is 8.32. The van der Waals surface area contributed by atoms with Crippen molar-refractivity contribution in [2.75, 3.05) is 0 Å². The van der Waals surface area contributed by atoms with Gasteiger partial charge in [-0.2, -0.15) is 5.10 Å². The van der Waals surface area contributed by atoms with Gasteiger partial charge in [-0.1, -0.05) is 25.8 Å². The molecule has 28 heavy (non-hydrogen) atoms. The van der Waals surface area contributed by atoms with Crippen LogP contribution in [-0.4, -0.2) is 17.0 Å². The number of hydrogen-bond donors (Lipinski definition) is 1. The molecule has 2 aliphatic rings. The lowest BCUT2D eigenvalue weighted by molar-refractivity contribution is -0.384. The molecule has 0 unspecified atom stereocenters. The molecule has 2 saturated carbocycles. The monoisotopic (exact) mass is 381 g/mol. The zero-order chi connectivity index (χ0) is 19.9. The molecule has 4 rings (SSSR count). The van der Waals surface area contributed by atoms with E-state index in [2.05, 4.69) is 17.5 Å². The Labute approximate surface area is 163 Å². The molecular formula is C21H23N3O4. The molecule has 0 saturated heterocycles. The molecule has 1 aromatic heterocycles. The van der Waals surface area contributed by atoms with Gasteiger partial charge in [-0.25, -0.2) is 5.43 Å². The van der Waals surface area contributed by atoms with Crippen LogP contribution in [0.3, 0.4) is 0 Å². The summed E-state index contributed by atoms with van der Waals surface area (Å²) in [4.78, 5) is 23.3. The second-order valence-electron chi connectivity index (χ2n) is 8.05. The normalized spacial score (nSPS) is 26.1. The fraction of sp³-hybridized carbons (Fsp3) is 0.429. The van der Waals surface area contributed by atoms with Crippen LogP contribution in [0.1, 0.15) is 43.9 Å². The predicted octanol–water partition coefficient (Wildman–Crippen LogP) is 4.44. The van der Waals surface area contributed by atoms with Crippen molar-refractivity contribution in [3.63, 3.8) is 0 Å². The number of carbonyl (C=O) groups is 1. The van der Waals surface area contributed by atoms with Crippen molar-refractivity contribution in [2.24, 2.45) is 22.4 Å². The SMILES string of the molecule is Cc1ccc(-c2ccc(/C=N/NC(=O)[C@@H]3[C@@H]4CCCC[C@@]34C)o2)c([N+](=O)[O-])c1. The van der Waals surface area contributed by atoms with Gasteiger partial charge in [-0.05, 0) is 54.9 Å². The van der Waals surface area contributed by atoms with E-state index in [1.54, 1.807) is 31.2 Å². The predicted molar refractivity (Wildman–Crippen MR) is 105 cm³/mol. The lowest BCUT2D eigenvalue weighted by Gasteiger charge is -2.15. The molecule has 2 aromatic rings. The molecule has 0 aliphatic heterocycles. The van der Waals surface area contributed by atoms with Crippen molar-refractivity contribution < 1.29 is 14.1 Å². The van der Waals surface area contributed by atoms with Crippen LogP contribution in [0.4, 0.5) is 5.69 Å². The molecule has 7 heteroatoms. The summed E-state index contributed by atoms with van der Waals surface area (Å²) in [7, 11) is 0. The average Bonchev–Trinajstić information content (AvgIpc) is 3.02. The highest BCUT2D eigenvalue weighted by Gasteiger charge is 2.64. The first-order valence-electron chi connectivity index (χ1n) is 9.58. The summed E-state index contributed by atoms with van der Waals surface area (Å²) < 4.78 is 5.67. The number of aryl methyl sites for hydroxylation is 1. The molecule has 1 heterocycles. The number of carbonyl (C=O) groups excluding carboxylic acids is 1. The van der Waals surface area contributed by atoms with E-state index < -0.39 is 4.92 Å². The van der Waals surface area contributed by atoms with E-state index in [-0.39, 0.29) is 22.9 Å². The van der Waals surface area contributed by atoms with Gasteiger partial charge < -0.3 is 4.42 Å². The van der Waals surface area contributed by atoms with E-state index in [4.69, 9.17) is 4.42 Å². The van der Waals surface area contributed by atoms with Crippen molar-refractivity contribution in [3.05, 3.63) is 51.8 Å². The topological polar surface area (TPSA) is 97.7 Å². The number of nitro benzene ring substituents is 1. The third kappa shape index (κ3) is 3.21. The lowest BCUT2D eigenvalue weighted by Crippen LogP contribution is -2.22. The molecule has 146 valence electrons. The standard InChI is InChI=1S/C21H23N3O4/c1-13-6-8-15(17(11-13)24(26)27)18-9-7-14(28-18)12-22-23-20(25)19-16-5-3-4-10-21(16,19)2/h6-9,11-12,16,19H,3-5,10H2,1-2H3,(H,23,25)/b22-12+/t16-,19-,21+/m0/s1. The Morgan fingerprint density at radius 3 is 2.89 bits per heavy atom. The third-order valence-corrected chi connectivity index (χ3v) is 6.22. The van der Waals surface area contributed by atoms with Gasteiger partial charge in [0.05, 0.1) is 16.7 Å². The highest BCUT2D eigenvalue weighted by Crippen LogP contribution is 2.66. The van der Waals surface area contributed by atoms with Crippen molar-refractivity contribution in [2.45, 2.75) is 39.5 Å². The Hall–Kier alpha value is -2.96. The number of amides is 1. The van der Waals surface area contributed by atoms with E-state index in [0.717, 1.165) is 18.4 Å². The summed E-state index contributed by atoms with van der Waals surface area (Å²) in [6.45, 7) is 3.99. The first-order chi connectivity index (χ1) is 13.4. The molecule has 1 amide bonds. The minimum atomic E-state index is -0.422. The van der Waals surface area contributed by atoms with Gasteiger partial charge in [0.1, 0.15) is 11.5 Å². The molecule has 2 fully saturated rings. The van der Waals surface area contributed by atoms with Crippen LogP contribution in [0.2, 0.25) is 0 Å². The van der Waals surface area contributed by atoms with E-state index >= 15 is 0 Å². The van der Waals surface area contributed by atoms with Gasteiger partial charge in [0.15, 0.2) is 0 Å². The Morgan fingerprint density at radius 2 is 2.18 bits per heavy atom. The molecule has 2 aliphatic carbocycles. The number of hydrogen-bond acceptors (Lipinski definition) is 5. The maximum Gasteiger partial charge on any atom is 0.280 e. The van der Waals surface area contributed by atoms with Gasteiger partial charge in [0.2, 0.25) is 5.91 Å². The van der Waals surface area contributed by atoms with Crippen molar-refractivity contribution in [1.82, 2.24) is 5.43 Å². The molecule has 3 atom stereocenters. The summed E-state index contributed by atoms with van der Waals surface area (Å²) in [5.41, 5.74) is 3.98. The molecule has 0 bridgehead atoms. The van der Waals surface area contributed by atoms with Crippen LogP contribution in [0.5, 0.6) is 0 Å². The van der Waals surface area contributed by atoms with E-state index in [1.807, 2.05) is 0 Å². The Kier molecular flexibility index (Phi) is 4.53. The first kappa shape index (κ1) is 18.4. The van der Waals surface area contributed by atoms with Crippen LogP contribution in [0, 0.1) is 34.3 Å². The van der Waals surface area contributed by atoms with Gasteiger partial charge in [0.25, 0.3) is 5.69 Å². The van der Waals surface area contributed by atoms with Gasteiger partial charge in [0, 0.05) is 12.0 Å². The number of nitro groups is 1. The maximum absolute atomic E-state index is 12.4. The molecule has 7 nitrogen and oxygen atoms in total. The molecule has 1 N–H and O–H groups in total. The Morgan fingerprint density at radius 1 is 1.36 bits per heavy atom. The minimum absolute atomic E-state index is 0.00396. The van der Waals surface area contributed by atoms with E-state index in [0.29, 0.717) is 23.0 Å². The Balaban J connectivity index is 1.43. The Bertz CT molecular complexity index is 964. The van der Waals surface area contributed by atoms with Crippen LogP contribution < -0.4 is 5.43 Å². The van der Waals surface area contributed by atoms with E-state index in [1.165, 1.54) is 25.1 Å². The largest absolute Gasteiger partial charge is 0.455 e. The minimum Gasteiger partial charge on any atom is -0.455 e. The number of rotatable bonds is 5. The van der Waals surface area contributed by atoms with Crippen molar-refractivity contribution >= 4 is 17.8 Å². The number of nitrogens with one attached hydrogen (secondary N) is 1. The number of fused-ring (bicyclic) bond motifs is 1. The van der Waals surface area contributed by atoms with Gasteiger partial charge >= 0.3 is 0 Å². The molecule has 0 spiro atoms. The highest BCUT2D eigenvalue weighted by molar-refractivity contribution is 5.85. The molecule has 0 radical (unpaired) electrons. The van der Waals surface area contributed by atoms with Crippen LogP contribution in [0.15, 0.2) is 39.9 Å². The average molecular weight is 381 g/mol. The van der Waals surface area contributed by atoms with Crippen molar-refractivity contribution in [3.8, 4) is 11.3 Å². The maximum atomic E-state index is 12.4. The summed E-state index contributed by atoms with van der Waals surface area (Å²) in [5.74, 6) is 1.31. The zero-order valence-electron chi connectivity index (χ0n) is 16.0. The van der Waals surface area contributed by atoms with Crippen molar-refractivity contribution in [1.29, 1.82) is 0 Å². The summed E-state index contributed by atoms with van der Waals surface area (Å²) >= 11 is 0. The number of hydrazone groups is 1. The smallest absolute Gasteiger partial charge is 0.280 e. The summed E-state index contributed by atoms with van der Waals surface area (Å²) in [5, 5.41) is 15.3. The number of nitrogens with zero attached hydrogens (tertiary/aromatic N) is 2. The van der Waals surface area contributed by atoms with Crippen LogP contribution in [-0.2, 0) is 4.79 Å². The third-order valence-electron chi connectivity index (χ3n) is 6.22. The number of furan rings is 1. The number of benzene rings is 1. The fourth-order valence-electron chi connectivity index (χ4n) is 4.65. The highest BCUT2D eigenvalue weighted by atomic mass is 16.6. The second kappa shape index (κ2) is 6.89. The molecular weight excluding hydrogens is 358 g/mol. The van der Waals surface area contributed by atoms with Gasteiger partial charge in [-0.15, -0.1) is 0 Å². The first-order valence-corrected chi connectivity index (χ1v) is 9.58. The quantitative estimate of drug-likeness (QED) is 0.470. The molecule has 1 aromatic carbocycles. The zero-order valence-corrected chi connectivity index (χ0v) is 16.0. The van der Waals surface area contributed by atoms with Gasteiger partial charge in [-0.3, -0.25) is 14.9 Å². The summed E-state index contributed by atoms with van der Waals surface area (Å²) in [6.07, 6.45) is 6.05. The second-order valence-corrected chi connectivity index (χ2v) is 8.05. The lowest BCUT2D eigenvalue weighted by atomic mass is 9.90. The van der Waals surface area contributed by atoms with Crippen LogP contribution >= 0.6 is 0 Å². The van der Waals surface area contributed by atoms with Crippen LogP contribution in [0.25, 0.3) is 11.3 Å².